The molecule has 1 aromatic carbocycles. The number of unbranched alkanes of at least 4 members (excludes halogenated alkanes) is 1. The molecule has 27 heavy (non-hydrogen) atoms. The van der Waals surface area contributed by atoms with E-state index in [1.54, 1.807) is 6.92 Å². The predicted octanol–water partition coefficient (Wildman–Crippen LogP) is 3.32. The van der Waals surface area contributed by atoms with Gasteiger partial charge in [-0.1, -0.05) is 19.4 Å². The first-order valence-electron chi connectivity index (χ1n) is 9.37. The van der Waals surface area contributed by atoms with E-state index >= 15 is 0 Å². The minimum absolute atomic E-state index is 0.102. The van der Waals surface area contributed by atoms with Crippen LogP contribution in [0.2, 0.25) is 0 Å². The van der Waals surface area contributed by atoms with Crippen LogP contribution in [0.3, 0.4) is 0 Å². The van der Waals surface area contributed by atoms with Crippen LogP contribution >= 0.6 is 0 Å². The number of hydrogen-bond acceptors (Lipinski definition) is 4. The van der Waals surface area contributed by atoms with Crippen molar-refractivity contribution in [3.05, 3.63) is 47.8 Å². The van der Waals surface area contributed by atoms with Crippen LogP contribution in [-0.4, -0.2) is 38.4 Å². The van der Waals surface area contributed by atoms with E-state index in [0.29, 0.717) is 5.56 Å². The minimum Gasteiger partial charge on any atom is -0.394 e. The van der Waals surface area contributed by atoms with Gasteiger partial charge in [0.05, 0.1) is 24.0 Å². The number of aliphatic hydroxyl groups excluding tert-OH is 1. The number of carbonyl (C=O) groups excluding carboxylic acids is 1. The van der Waals surface area contributed by atoms with Crippen molar-refractivity contribution < 1.29 is 9.90 Å². The lowest BCUT2D eigenvalue weighted by Crippen LogP contribution is -2.35. The monoisotopic (exact) mass is 366 g/mol. The maximum atomic E-state index is 12.7. The van der Waals surface area contributed by atoms with E-state index in [9.17, 15) is 9.90 Å². The molecule has 0 bridgehead atoms. The summed E-state index contributed by atoms with van der Waals surface area (Å²) in [6.07, 6.45) is 5.76. The molecule has 0 saturated heterocycles. The van der Waals surface area contributed by atoms with Crippen LogP contribution in [0.15, 0.2) is 36.7 Å². The number of fused-ring (bicyclic) bond motifs is 1. The van der Waals surface area contributed by atoms with E-state index in [1.807, 2.05) is 48.3 Å². The highest BCUT2D eigenvalue weighted by molar-refractivity contribution is 6.03. The fourth-order valence-corrected chi connectivity index (χ4v) is 2.99. The number of amides is 1. The van der Waals surface area contributed by atoms with E-state index in [2.05, 4.69) is 22.3 Å². The first-order chi connectivity index (χ1) is 13.0. The lowest BCUT2D eigenvalue weighted by molar-refractivity contribution is 0.0922. The molecule has 3 rings (SSSR count). The number of rotatable bonds is 7. The average Bonchev–Trinajstić information content (AvgIpc) is 3.09. The zero-order chi connectivity index (χ0) is 19.4. The van der Waals surface area contributed by atoms with Gasteiger partial charge in [-0.2, -0.15) is 5.10 Å². The Kier molecular flexibility index (Phi) is 5.86. The summed E-state index contributed by atoms with van der Waals surface area (Å²) < 4.78 is 1.95. The van der Waals surface area contributed by atoms with Crippen molar-refractivity contribution in [2.24, 2.45) is 0 Å². The van der Waals surface area contributed by atoms with Crippen molar-refractivity contribution >= 4 is 16.8 Å². The molecule has 6 heteroatoms. The van der Waals surface area contributed by atoms with Gasteiger partial charge < -0.3 is 10.4 Å². The van der Waals surface area contributed by atoms with Crippen LogP contribution in [0.4, 0.5) is 0 Å². The Bertz CT molecular complexity index is 931. The van der Waals surface area contributed by atoms with Crippen molar-refractivity contribution in [1.29, 1.82) is 0 Å². The van der Waals surface area contributed by atoms with Crippen molar-refractivity contribution in [2.45, 2.75) is 46.2 Å². The van der Waals surface area contributed by atoms with Crippen molar-refractivity contribution in [2.75, 3.05) is 6.61 Å². The zero-order valence-corrected chi connectivity index (χ0v) is 16.1. The highest BCUT2D eigenvalue weighted by Crippen LogP contribution is 2.29. The van der Waals surface area contributed by atoms with Crippen molar-refractivity contribution in [3.63, 3.8) is 0 Å². The zero-order valence-electron chi connectivity index (χ0n) is 16.1. The molecule has 2 aromatic heterocycles. The largest absolute Gasteiger partial charge is 0.394 e. The molecule has 0 aliphatic carbocycles. The average molecular weight is 366 g/mol. The molecule has 0 fully saturated rings. The van der Waals surface area contributed by atoms with Gasteiger partial charge in [0.1, 0.15) is 0 Å². The molecular weight excluding hydrogens is 340 g/mol. The Morgan fingerprint density at radius 3 is 2.78 bits per heavy atom. The molecule has 3 aromatic rings. The number of nitrogens with one attached hydrogen (secondary N) is 1. The first-order valence-corrected chi connectivity index (χ1v) is 9.37. The van der Waals surface area contributed by atoms with Gasteiger partial charge in [-0.25, -0.2) is 0 Å². The Balaban J connectivity index is 2.12. The molecule has 0 radical (unpaired) electrons. The summed E-state index contributed by atoms with van der Waals surface area (Å²) in [5.74, 6) is -0.213. The van der Waals surface area contributed by atoms with Gasteiger partial charge in [-0.05, 0) is 44.0 Å². The van der Waals surface area contributed by atoms with Crippen molar-refractivity contribution in [3.8, 4) is 11.3 Å². The second-order valence-corrected chi connectivity index (χ2v) is 6.96. The molecule has 1 atom stereocenters. The van der Waals surface area contributed by atoms with E-state index in [4.69, 9.17) is 0 Å². The third-order valence-electron chi connectivity index (χ3n) is 4.59. The molecular formula is C21H26N4O2. The number of aromatic nitrogens is 3. The van der Waals surface area contributed by atoms with Crippen LogP contribution < -0.4 is 5.32 Å². The second-order valence-electron chi connectivity index (χ2n) is 6.96. The fraction of sp³-hybridized carbons (Fsp3) is 0.381. The summed E-state index contributed by atoms with van der Waals surface area (Å²) in [6.45, 7) is 6.61. The Morgan fingerprint density at radius 2 is 2.11 bits per heavy atom. The standard InChI is InChI=1S/C21H26N4O2/c1-4-5-8-25-20-10-16(21(27)24-15(3)13-26)9-17(18(20)12-23-25)19-7-6-14(2)11-22-19/h6-7,9-12,15,26H,4-5,8,13H2,1-3H3,(H,24,27)/t15-/m0/s1. The van der Waals surface area contributed by atoms with Gasteiger partial charge in [0.15, 0.2) is 0 Å². The fourth-order valence-electron chi connectivity index (χ4n) is 2.99. The van der Waals surface area contributed by atoms with Gasteiger partial charge in [0.2, 0.25) is 0 Å². The molecule has 0 unspecified atom stereocenters. The summed E-state index contributed by atoms with van der Waals surface area (Å²) in [6, 6.07) is 7.39. The van der Waals surface area contributed by atoms with Gasteiger partial charge in [0, 0.05) is 35.3 Å². The normalized spacial score (nSPS) is 12.3. The summed E-state index contributed by atoms with van der Waals surface area (Å²) in [4.78, 5) is 17.2. The third-order valence-corrected chi connectivity index (χ3v) is 4.59. The summed E-state index contributed by atoms with van der Waals surface area (Å²) in [5.41, 5.74) is 4.24. The minimum atomic E-state index is -0.306. The Hall–Kier alpha value is -2.73. The van der Waals surface area contributed by atoms with E-state index < -0.39 is 0 Å². The van der Waals surface area contributed by atoms with Gasteiger partial charge in [-0.15, -0.1) is 0 Å². The maximum absolute atomic E-state index is 12.7. The number of pyridine rings is 1. The number of nitrogens with zero attached hydrogens (tertiary/aromatic N) is 3. The van der Waals surface area contributed by atoms with Gasteiger partial charge in [0.25, 0.3) is 5.91 Å². The predicted molar refractivity (Wildman–Crippen MR) is 107 cm³/mol. The van der Waals surface area contributed by atoms with Crippen LogP contribution in [0, 0.1) is 6.92 Å². The first kappa shape index (κ1) is 19.0. The summed E-state index contributed by atoms with van der Waals surface area (Å²) >= 11 is 0. The molecule has 2 heterocycles. The maximum Gasteiger partial charge on any atom is 0.251 e. The van der Waals surface area contributed by atoms with Crippen LogP contribution in [0.25, 0.3) is 22.2 Å². The highest BCUT2D eigenvalue weighted by Gasteiger charge is 2.16. The topological polar surface area (TPSA) is 80.0 Å². The number of aryl methyl sites for hydroxylation is 2. The molecule has 0 aliphatic rings. The molecule has 142 valence electrons. The van der Waals surface area contributed by atoms with E-state index in [1.165, 1.54) is 0 Å². The smallest absolute Gasteiger partial charge is 0.251 e. The second kappa shape index (κ2) is 8.31. The summed E-state index contributed by atoms with van der Waals surface area (Å²) in [5, 5.41) is 17.6. The van der Waals surface area contributed by atoms with Gasteiger partial charge in [-0.3, -0.25) is 14.5 Å². The molecule has 0 saturated carbocycles. The SMILES string of the molecule is CCCCn1ncc2c(-c3ccc(C)cn3)cc(C(=O)N[C@@H](C)CO)cc21. The number of aliphatic hydroxyl groups is 1. The molecule has 2 N–H and O–H groups in total. The molecule has 0 spiro atoms. The Labute approximate surface area is 159 Å². The lowest BCUT2D eigenvalue weighted by atomic mass is 10.0. The lowest BCUT2D eigenvalue weighted by Gasteiger charge is -2.13. The summed E-state index contributed by atoms with van der Waals surface area (Å²) in [7, 11) is 0. The number of hydrogen-bond donors (Lipinski definition) is 2. The van der Waals surface area contributed by atoms with Gasteiger partial charge >= 0.3 is 0 Å². The van der Waals surface area contributed by atoms with E-state index in [0.717, 1.165) is 47.1 Å². The Morgan fingerprint density at radius 1 is 1.30 bits per heavy atom. The number of benzene rings is 1. The van der Waals surface area contributed by atoms with Crippen molar-refractivity contribution in [1.82, 2.24) is 20.1 Å². The van der Waals surface area contributed by atoms with Crippen LogP contribution in [0.5, 0.6) is 0 Å². The number of carbonyl (C=O) groups is 1. The molecule has 1 amide bonds. The van der Waals surface area contributed by atoms with Crippen LogP contribution in [-0.2, 0) is 6.54 Å². The van der Waals surface area contributed by atoms with E-state index in [-0.39, 0.29) is 18.6 Å². The van der Waals surface area contributed by atoms with Crippen LogP contribution in [0.1, 0.15) is 42.6 Å². The third kappa shape index (κ3) is 4.17. The quantitative estimate of drug-likeness (QED) is 0.672. The molecule has 0 aliphatic heterocycles. The molecule has 6 nitrogen and oxygen atoms in total. The highest BCUT2D eigenvalue weighted by atomic mass is 16.3.